The van der Waals surface area contributed by atoms with E-state index in [1.165, 1.54) is 0 Å². The van der Waals surface area contributed by atoms with E-state index in [-0.39, 0.29) is 92.5 Å². The van der Waals surface area contributed by atoms with E-state index < -0.39 is 47.5 Å². The van der Waals surface area contributed by atoms with Crippen molar-refractivity contribution in [1.29, 1.82) is 0 Å². The van der Waals surface area contributed by atoms with E-state index in [1.807, 2.05) is 0 Å². The lowest BCUT2D eigenvalue weighted by Crippen LogP contribution is -2.48. The molecule has 6 N–H and O–H groups in total. The highest BCUT2D eigenvalue weighted by Crippen LogP contribution is 2.26. The minimum Gasteiger partial charge on any atom is -0.389 e. The van der Waals surface area contributed by atoms with E-state index in [2.05, 4.69) is 112 Å². The molecule has 0 aromatic carbocycles. The zero-order valence-electron chi connectivity index (χ0n) is 47.3. The van der Waals surface area contributed by atoms with E-state index in [1.54, 1.807) is 0 Å². The SMILES string of the molecule is CCN(CC)CC(O)COCC(COCC(O)CN(CC)CC)(COCC(O)CN(CC)CC)COCC(COCC(O)CN(CC)CC)(COCC(O)CN(CC)CC)COCC(O)CN(CC)CC. The molecule has 0 fully saturated rings. The summed E-state index contributed by atoms with van der Waals surface area (Å²) in [6.45, 7) is 37.4. The first kappa shape index (κ1) is 70.2. The Kier molecular flexibility index (Phi) is 42.9. The topological polar surface area (TPSA) is 205 Å². The van der Waals surface area contributed by atoms with Gasteiger partial charge in [0.05, 0.1) is 140 Å². The fourth-order valence-corrected chi connectivity index (χ4v) is 8.45. The Morgan fingerprint density at radius 3 is 0.493 bits per heavy atom. The molecule has 428 valence electrons. The van der Waals surface area contributed by atoms with Crippen LogP contribution in [0.2, 0.25) is 0 Å². The zero-order chi connectivity index (χ0) is 53.5. The molecule has 0 heterocycles. The second kappa shape index (κ2) is 43.4. The van der Waals surface area contributed by atoms with Crippen molar-refractivity contribution in [3.8, 4) is 0 Å². The number of aliphatic hydroxyl groups is 6. The van der Waals surface area contributed by atoms with E-state index in [9.17, 15) is 30.6 Å². The maximum absolute atomic E-state index is 11.1. The number of hydrogen-bond acceptors (Lipinski definition) is 19. The van der Waals surface area contributed by atoms with Gasteiger partial charge < -0.3 is 93.2 Å². The molecule has 0 saturated carbocycles. The van der Waals surface area contributed by atoms with E-state index in [4.69, 9.17) is 33.2 Å². The summed E-state index contributed by atoms with van der Waals surface area (Å²) in [6, 6.07) is 0. The van der Waals surface area contributed by atoms with E-state index in [0.29, 0.717) is 39.3 Å². The molecule has 0 aliphatic rings. The maximum atomic E-state index is 11.1. The quantitative estimate of drug-likeness (QED) is 0.0508. The van der Waals surface area contributed by atoms with Gasteiger partial charge in [0.15, 0.2) is 0 Å². The Hall–Kier alpha value is -0.760. The molecule has 71 heavy (non-hydrogen) atoms. The Morgan fingerprint density at radius 2 is 0.366 bits per heavy atom. The summed E-state index contributed by atoms with van der Waals surface area (Å²) >= 11 is 0. The molecular weight excluding hydrogens is 917 g/mol. The van der Waals surface area contributed by atoms with Crippen molar-refractivity contribution in [2.75, 3.05) is 210 Å². The van der Waals surface area contributed by atoms with Crippen molar-refractivity contribution in [3.05, 3.63) is 0 Å². The van der Waals surface area contributed by atoms with Crippen LogP contribution in [0, 0.1) is 10.8 Å². The van der Waals surface area contributed by atoms with Gasteiger partial charge >= 0.3 is 0 Å². The fraction of sp³-hybridized carbons (Fsp3) is 1.00. The van der Waals surface area contributed by atoms with E-state index >= 15 is 0 Å². The molecule has 19 heteroatoms. The molecular formula is C52H112N6O13. The minimum absolute atomic E-state index is 0.0267. The highest BCUT2D eigenvalue weighted by atomic mass is 16.5. The van der Waals surface area contributed by atoms with Crippen molar-refractivity contribution in [2.45, 2.75) is 120 Å². The molecule has 0 spiro atoms. The highest BCUT2D eigenvalue weighted by molar-refractivity contribution is 4.85. The summed E-state index contributed by atoms with van der Waals surface area (Å²) in [5.41, 5.74) is -1.99. The number of aliphatic hydroxyl groups excluding tert-OH is 6. The van der Waals surface area contributed by atoms with Gasteiger partial charge in [-0.05, 0) is 78.5 Å². The standard InChI is InChI=1S/C52H112N6O13/c1-13-53(14-2)25-45(59)31-65-37-51(38-66-32-46(60)26-54(15-3)16-4,39-67-33-47(61)27-55(17-5)18-6)43-71-44-52(40-68-34-48(62)28-56(19-7)20-8,41-69-35-49(63)29-57(21-9)22-10)42-70-36-50(64)30-58(23-11)24-12/h45-50,59-64H,13-44H2,1-12H3. The lowest BCUT2D eigenvalue weighted by atomic mass is 9.90. The zero-order valence-corrected chi connectivity index (χ0v) is 47.3. The maximum Gasteiger partial charge on any atom is 0.0900 e. The first-order chi connectivity index (χ1) is 34.0. The molecule has 0 rings (SSSR count). The van der Waals surface area contributed by atoms with Crippen molar-refractivity contribution in [1.82, 2.24) is 29.4 Å². The van der Waals surface area contributed by atoms with Gasteiger partial charge in [-0.1, -0.05) is 83.1 Å². The van der Waals surface area contributed by atoms with Crippen LogP contribution in [0.5, 0.6) is 0 Å². The molecule has 6 unspecified atom stereocenters. The Labute approximate surface area is 432 Å². The second-order valence-electron chi connectivity index (χ2n) is 19.4. The van der Waals surface area contributed by atoms with Gasteiger partial charge in [-0.3, -0.25) is 0 Å². The fourth-order valence-electron chi connectivity index (χ4n) is 8.45. The van der Waals surface area contributed by atoms with Gasteiger partial charge in [0.1, 0.15) is 0 Å². The average molecular weight is 1030 g/mol. The van der Waals surface area contributed by atoms with Gasteiger partial charge in [0.25, 0.3) is 0 Å². The summed E-state index contributed by atoms with van der Waals surface area (Å²) in [7, 11) is 0. The molecule has 0 radical (unpaired) electrons. The van der Waals surface area contributed by atoms with Crippen LogP contribution in [0.15, 0.2) is 0 Å². The average Bonchev–Trinajstić information content (AvgIpc) is 3.36. The van der Waals surface area contributed by atoms with Gasteiger partial charge in [-0.25, -0.2) is 0 Å². The molecule has 0 aliphatic heterocycles. The van der Waals surface area contributed by atoms with Crippen LogP contribution >= 0.6 is 0 Å². The lowest BCUT2D eigenvalue weighted by molar-refractivity contribution is -0.158. The van der Waals surface area contributed by atoms with Crippen LogP contribution in [0.1, 0.15) is 83.1 Å². The van der Waals surface area contributed by atoms with E-state index in [0.717, 1.165) is 78.5 Å². The molecule has 6 atom stereocenters. The summed E-state index contributed by atoms with van der Waals surface area (Å²) in [6.07, 6.45) is -4.54. The van der Waals surface area contributed by atoms with Gasteiger partial charge in [0, 0.05) is 39.3 Å². The third-order valence-corrected chi connectivity index (χ3v) is 13.3. The molecule has 0 aromatic rings. The predicted octanol–water partition coefficient (Wildman–Crippen LogP) is 1.29. The van der Waals surface area contributed by atoms with Crippen LogP contribution in [-0.4, -0.2) is 307 Å². The second-order valence-corrected chi connectivity index (χ2v) is 19.4. The van der Waals surface area contributed by atoms with Gasteiger partial charge in [-0.15, -0.1) is 0 Å². The molecule has 0 bridgehead atoms. The third-order valence-electron chi connectivity index (χ3n) is 13.3. The van der Waals surface area contributed by atoms with Crippen LogP contribution < -0.4 is 0 Å². The van der Waals surface area contributed by atoms with Gasteiger partial charge in [0.2, 0.25) is 0 Å². The number of nitrogens with zero attached hydrogens (tertiary/aromatic N) is 6. The van der Waals surface area contributed by atoms with Crippen molar-refractivity contribution >= 4 is 0 Å². The predicted molar refractivity (Wildman–Crippen MR) is 283 cm³/mol. The summed E-state index contributed by atoms with van der Waals surface area (Å²) in [5, 5.41) is 66.4. The number of hydrogen-bond donors (Lipinski definition) is 6. The van der Waals surface area contributed by atoms with Crippen LogP contribution in [0.4, 0.5) is 0 Å². The molecule has 0 saturated heterocycles. The first-order valence-electron chi connectivity index (χ1n) is 27.5. The third kappa shape index (κ3) is 33.1. The van der Waals surface area contributed by atoms with Gasteiger partial charge in [-0.2, -0.15) is 0 Å². The number of rotatable bonds is 52. The Morgan fingerprint density at radius 1 is 0.239 bits per heavy atom. The summed E-state index contributed by atoms with van der Waals surface area (Å²) in [5.74, 6) is 0. The molecule has 0 amide bonds. The molecule has 0 aliphatic carbocycles. The number of ether oxygens (including phenoxy) is 7. The van der Waals surface area contributed by atoms with Crippen molar-refractivity contribution in [2.24, 2.45) is 10.8 Å². The first-order valence-corrected chi connectivity index (χ1v) is 27.5. The Balaban J connectivity index is 7.16. The van der Waals surface area contributed by atoms with Crippen molar-refractivity contribution in [3.63, 3.8) is 0 Å². The largest absolute Gasteiger partial charge is 0.389 e. The monoisotopic (exact) mass is 1030 g/mol. The lowest BCUT2D eigenvalue weighted by Gasteiger charge is -2.38. The normalized spacial score (nSPS) is 16.9. The summed E-state index contributed by atoms with van der Waals surface area (Å²) < 4.78 is 44.9. The number of likely N-dealkylation sites (N-methyl/N-ethyl adjacent to an activating group) is 6. The molecule has 0 aromatic heterocycles. The molecule has 19 nitrogen and oxygen atoms in total. The van der Waals surface area contributed by atoms with Crippen molar-refractivity contribution < 1.29 is 63.8 Å². The highest BCUT2D eigenvalue weighted by Gasteiger charge is 2.38. The van der Waals surface area contributed by atoms with Crippen LogP contribution in [-0.2, 0) is 33.2 Å². The smallest absolute Gasteiger partial charge is 0.0900 e. The summed E-state index contributed by atoms with van der Waals surface area (Å²) in [4.78, 5) is 12.8. The van der Waals surface area contributed by atoms with Crippen LogP contribution in [0.3, 0.4) is 0 Å². The Bertz CT molecular complexity index is 955. The minimum atomic E-state index is -0.993. The van der Waals surface area contributed by atoms with Crippen LogP contribution in [0.25, 0.3) is 0 Å².